The van der Waals surface area contributed by atoms with Crippen LogP contribution < -0.4 is 10.6 Å². The quantitative estimate of drug-likeness (QED) is 0.638. The molecule has 1 aliphatic carbocycles. The lowest BCUT2D eigenvalue weighted by Crippen LogP contribution is -2.50. The fourth-order valence-corrected chi connectivity index (χ4v) is 3.89. The number of carbonyl (C=O) groups excluding carboxylic acids is 3. The van der Waals surface area contributed by atoms with Crippen LogP contribution in [0.3, 0.4) is 0 Å². The van der Waals surface area contributed by atoms with E-state index in [1.54, 1.807) is 23.1 Å². The lowest BCUT2D eigenvalue weighted by Gasteiger charge is -2.41. The lowest BCUT2D eigenvalue weighted by molar-refractivity contribution is -0.143. The van der Waals surface area contributed by atoms with E-state index in [-0.39, 0.29) is 41.8 Å². The van der Waals surface area contributed by atoms with E-state index >= 15 is 0 Å². The number of hydrogen-bond donors (Lipinski definition) is 3. The number of amides is 3. The van der Waals surface area contributed by atoms with Gasteiger partial charge in [0.2, 0.25) is 11.8 Å². The number of nitrogens with one attached hydrogen (secondary N) is 2. The van der Waals surface area contributed by atoms with Crippen LogP contribution in [0.25, 0.3) is 0 Å². The highest BCUT2D eigenvalue weighted by molar-refractivity contribution is 5.93. The number of aliphatic hydroxyl groups is 1. The number of nitriles is 1. The lowest BCUT2D eigenvalue weighted by atomic mass is 9.74. The summed E-state index contributed by atoms with van der Waals surface area (Å²) in [6, 6.07) is 6.97. The number of hydrogen-bond acceptors (Lipinski definition) is 6. The summed E-state index contributed by atoms with van der Waals surface area (Å²) in [6.07, 6.45) is 2.57. The van der Waals surface area contributed by atoms with Crippen LogP contribution in [0, 0.1) is 23.2 Å². The van der Waals surface area contributed by atoms with Crippen LogP contribution in [0.5, 0.6) is 0 Å². The molecular weight excluding hydrogens is 386 g/mol. The number of piperidine rings is 1. The average Bonchev–Trinajstić information content (AvgIpc) is 2.67. The summed E-state index contributed by atoms with van der Waals surface area (Å²) in [5.41, 5.74) is -0.741. The van der Waals surface area contributed by atoms with Crippen molar-refractivity contribution < 1.29 is 19.5 Å². The zero-order chi connectivity index (χ0) is 21.7. The molecule has 160 valence electrons. The Balaban J connectivity index is 1.42. The minimum absolute atomic E-state index is 0.00212. The first-order valence-corrected chi connectivity index (χ1v) is 10.2. The monoisotopic (exact) mass is 413 g/mol. The molecule has 1 aromatic rings. The predicted molar refractivity (Wildman–Crippen MR) is 108 cm³/mol. The summed E-state index contributed by atoms with van der Waals surface area (Å²) in [6.45, 7) is 2.61. The van der Waals surface area contributed by atoms with Crippen molar-refractivity contribution in [2.24, 2.45) is 11.8 Å². The average molecular weight is 413 g/mol. The van der Waals surface area contributed by atoms with E-state index in [1.165, 1.54) is 6.92 Å². The molecule has 1 aliphatic heterocycles. The van der Waals surface area contributed by atoms with Gasteiger partial charge in [-0.15, -0.1) is 0 Å². The summed E-state index contributed by atoms with van der Waals surface area (Å²) >= 11 is 0. The second-order valence-corrected chi connectivity index (χ2v) is 8.14. The molecule has 0 radical (unpaired) electrons. The Bertz CT molecular complexity index is 851. The van der Waals surface area contributed by atoms with Crippen molar-refractivity contribution in [2.45, 2.75) is 44.6 Å². The van der Waals surface area contributed by atoms with Crippen molar-refractivity contribution in [2.75, 3.05) is 25.0 Å². The number of rotatable bonds is 6. The second kappa shape index (κ2) is 9.22. The highest BCUT2D eigenvalue weighted by Gasteiger charge is 2.40. The van der Waals surface area contributed by atoms with Crippen molar-refractivity contribution in [3.05, 3.63) is 23.9 Å². The van der Waals surface area contributed by atoms with Gasteiger partial charge in [-0.3, -0.25) is 14.4 Å². The van der Waals surface area contributed by atoms with Gasteiger partial charge in [-0.25, -0.2) is 4.98 Å². The molecule has 1 saturated carbocycles. The minimum Gasteiger partial charge on any atom is -0.390 e. The van der Waals surface area contributed by atoms with Gasteiger partial charge in [-0.05, 0) is 44.2 Å². The molecule has 3 rings (SSSR count). The highest BCUT2D eigenvalue weighted by atomic mass is 16.3. The maximum absolute atomic E-state index is 12.5. The van der Waals surface area contributed by atoms with Crippen molar-refractivity contribution in [3.8, 4) is 6.07 Å². The molecule has 9 heteroatoms. The van der Waals surface area contributed by atoms with Crippen molar-refractivity contribution >= 4 is 23.5 Å². The van der Waals surface area contributed by atoms with E-state index in [1.807, 2.05) is 0 Å². The molecule has 2 fully saturated rings. The van der Waals surface area contributed by atoms with Gasteiger partial charge in [0, 0.05) is 38.4 Å². The highest BCUT2D eigenvalue weighted by Crippen LogP contribution is 2.36. The van der Waals surface area contributed by atoms with Crippen molar-refractivity contribution in [1.29, 1.82) is 5.26 Å². The van der Waals surface area contributed by atoms with E-state index < -0.39 is 5.60 Å². The fraction of sp³-hybridized carbons (Fsp3) is 0.571. The summed E-state index contributed by atoms with van der Waals surface area (Å²) in [5, 5.41) is 24.9. The minimum atomic E-state index is -0.926. The van der Waals surface area contributed by atoms with E-state index in [2.05, 4.69) is 21.7 Å². The number of aromatic nitrogens is 1. The smallest absolute Gasteiger partial charge is 0.269 e. The fourth-order valence-electron chi connectivity index (χ4n) is 3.89. The third kappa shape index (κ3) is 5.33. The summed E-state index contributed by atoms with van der Waals surface area (Å²) in [7, 11) is 0. The number of pyridine rings is 1. The number of carbonyl (C=O) groups is 3. The number of anilines is 1. The Hall–Kier alpha value is -2.99. The standard InChI is InChI=1S/C21H27N5O4/c1-14(27)24-18-4-2-3-17(25-18)19(28)23-8-5-21(30)6-9-26(10-7-21)20(29)16-11-15(12-16)13-22/h2-4,15-16,30H,5-12H2,1H3,(H,23,28)(H,24,25,27). The van der Waals surface area contributed by atoms with Crippen LogP contribution in [0.2, 0.25) is 0 Å². The Morgan fingerprint density at radius 3 is 2.63 bits per heavy atom. The van der Waals surface area contributed by atoms with Crippen LogP contribution >= 0.6 is 0 Å². The first-order valence-electron chi connectivity index (χ1n) is 10.2. The Morgan fingerprint density at radius 2 is 2.00 bits per heavy atom. The first kappa shape index (κ1) is 21.7. The normalized spacial score (nSPS) is 22.4. The molecule has 2 heterocycles. The first-order chi connectivity index (χ1) is 14.3. The Morgan fingerprint density at radius 1 is 1.30 bits per heavy atom. The zero-order valence-electron chi connectivity index (χ0n) is 17.1. The van der Waals surface area contributed by atoms with Crippen LogP contribution in [-0.2, 0) is 9.59 Å². The molecule has 3 N–H and O–H groups in total. The van der Waals surface area contributed by atoms with Gasteiger partial charge in [-0.2, -0.15) is 5.26 Å². The van der Waals surface area contributed by atoms with Crippen molar-refractivity contribution in [3.63, 3.8) is 0 Å². The van der Waals surface area contributed by atoms with Gasteiger partial charge < -0.3 is 20.6 Å². The molecular formula is C21H27N5O4. The van der Waals surface area contributed by atoms with Gasteiger partial charge >= 0.3 is 0 Å². The van der Waals surface area contributed by atoms with Crippen LogP contribution in [0.4, 0.5) is 5.82 Å². The number of likely N-dealkylation sites (tertiary alicyclic amines) is 1. The molecule has 0 atom stereocenters. The van der Waals surface area contributed by atoms with Crippen LogP contribution in [-0.4, -0.2) is 57.9 Å². The molecule has 0 bridgehead atoms. The largest absolute Gasteiger partial charge is 0.390 e. The SMILES string of the molecule is CC(=O)Nc1cccc(C(=O)NCCC2(O)CCN(C(=O)C3CC(C#N)C3)CC2)n1. The van der Waals surface area contributed by atoms with Gasteiger partial charge in [0.15, 0.2) is 0 Å². The Kier molecular flexibility index (Phi) is 6.67. The molecule has 1 saturated heterocycles. The summed E-state index contributed by atoms with van der Waals surface area (Å²) < 4.78 is 0. The molecule has 0 unspecified atom stereocenters. The zero-order valence-corrected chi connectivity index (χ0v) is 17.1. The third-order valence-electron chi connectivity index (χ3n) is 5.84. The molecule has 9 nitrogen and oxygen atoms in total. The molecule has 30 heavy (non-hydrogen) atoms. The molecule has 3 amide bonds. The van der Waals surface area contributed by atoms with Gasteiger partial charge in [0.1, 0.15) is 11.5 Å². The van der Waals surface area contributed by atoms with Crippen molar-refractivity contribution in [1.82, 2.24) is 15.2 Å². The summed E-state index contributed by atoms with van der Waals surface area (Å²) in [4.78, 5) is 41.7. The van der Waals surface area contributed by atoms with E-state index in [4.69, 9.17) is 5.26 Å². The van der Waals surface area contributed by atoms with Crippen LogP contribution in [0.1, 0.15) is 49.5 Å². The third-order valence-corrected chi connectivity index (χ3v) is 5.84. The molecule has 1 aromatic heterocycles. The topological polar surface area (TPSA) is 135 Å². The predicted octanol–water partition coefficient (Wildman–Crippen LogP) is 1.06. The van der Waals surface area contributed by atoms with Gasteiger partial charge in [0.05, 0.1) is 11.7 Å². The Labute approximate surface area is 175 Å². The molecule has 2 aliphatic rings. The molecule has 0 aromatic carbocycles. The number of nitrogens with zero attached hydrogens (tertiary/aromatic N) is 3. The molecule has 0 spiro atoms. The van der Waals surface area contributed by atoms with Gasteiger partial charge in [-0.1, -0.05) is 6.07 Å². The maximum atomic E-state index is 12.5. The van der Waals surface area contributed by atoms with E-state index in [0.717, 1.165) is 0 Å². The maximum Gasteiger partial charge on any atom is 0.269 e. The summed E-state index contributed by atoms with van der Waals surface area (Å²) in [5.74, 6) is -0.316. The van der Waals surface area contributed by atoms with Gasteiger partial charge in [0.25, 0.3) is 5.91 Å². The second-order valence-electron chi connectivity index (χ2n) is 8.14. The van der Waals surface area contributed by atoms with E-state index in [0.29, 0.717) is 51.0 Å². The van der Waals surface area contributed by atoms with E-state index in [9.17, 15) is 19.5 Å². The van der Waals surface area contributed by atoms with Crippen LogP contribution in [0.15, 0.2) is 18.2 Å².